The molecule has 130 valence electrons. The molecule has 1 N–H and O–H groups in total. The van der Waals surface area contributed by atoms with Crippen molar-refractivity contribution in [3.8, 4) is 0 Å². The smallest absolute Gasteiger partial charge is 0.151 e. The number of rotatable bonds is 5. The summed E-state index contributed by atoms with van der Waals surface area (Å²) in [5.41, 5.74) is 2.11. The van der Waals surface area contributed by atoms with Gasteiger partial charge in [0.05, 0.1) is 24.1 Å². The van der Waals surface area contributed by atoms with E-state index in [1.54, 1.807) is 6.20 Å². The first-order valence-corrected chi connectivity index (χ1v) is 8.52. The largest absolute Gasteiger partial charge is 0.348 e. The molecule has 1 aliphatic rings. The van der Waals surface area contributed by atoms with Gasteiger partial charge in [-0.3, -0.25) is 0 Å². The Labute approximate surface area is 145 Å². The second-order valence-electron chi connectivity index (χ2n) is 6.43. The third-order valence-electron chi connectivity index (χ3n) is 4.76. The van der Waals surface area contributed by atoms with E-state index in [0.717, 1.165) is 22.7 Å². The van der Waals surface area contributed by atoms with Crippen molar-refractivity contribution in [2.45, 2.75) is 25.2 Å². The maximum Gasteiger partial charge on any atom is 0.151 e. The maximum atomic E-state index is 13.9. The molecule has 4 rings (SSSR count). The molecule has 0 aliphatic carbocycles. The normalized spacial score (nSPS) is 20.5. The number of fused-ring (bicyclic) bond motifs is 1. The fraction of sp³-hybridized carbons (Fsp3) is 0.389. The molecule has 1 aromatic carbocycles. The van der Waals surface area contributed by atoms with Crippen LogP contribution in [-0.2, 0) is 13.6 Å². The van der Waals surface area contributed by atoms with Crippen LogP contribution in [0.4, 0.5) is 10.2 Å². The third-order valence-corrected chi connectivity index (χ3v) is 4.76. The van der Waals surface area contributed by atoms with E-state index in [-0.39, 0.29) is 6.04 Å². The van der Waals surface area contributed by atoms with Gasteiger partial charge in [0.2, 0.25) is 0 Å². The Balaban J connectivity index is 1.42. The van der Waals surface area contributed by atoms with Crippen LogP contribution in [0.15, 0.2) is 42.6 Å². The Morgan fingerprint density at radius 3 is 2.92 bits per heavy atom. The number of imidazole rings is 1. The zero-order valence-electron chi connectivity index (χ0n) is 14.1. The number of para-hydroxylation sites is 2. The lowest BCUT2D eigenvalue weighted by atomic mass is 10.2. The minimum absolute atomic E-state index is 0.0707. The molecule has 1 saturated heterocycles. The molecule has 0 amide bonds. The molecule has 2 atom stereocenters. The number of aryl methyl sites for hydroxylation is 1. The second-order valence-corrected chi connectivity index (χ2v) is 6.43. The predicted molar refractivity (Wildman–Crippen MR) is 95.1 cm³/mol. The Morgan fingerprint density at radius 2 is 2.12 bits per heavy atom. The molecule has 1 fully saturated rings. The van der Waals surface area contributed by atoms with Gasteiger partial charge in [-0.05, 0) is 24.3 Å². The highest BCUT2D eigenvalue weighted by atomic mass is 19.1. The van der Waals surface area contributed by atoms with E-state index < -0.39 is 6.17 Å². The first kappa shape index (κ1) is 16.0. The van der Waals surface area contributed by atoms with Gasteiger partial charge in [-0.2, -0.15) is 5.10 Å². The fourth-order valence-corrected chi connectivity index (χ4v) is 3.48. The SMILES string of the molecule is Cn1c(CNC[C@@H]2C[C@H](F)CN2c2cccnn2)nc2ccccc21. The quantitative estimate of drug-likeness (QED) is 0.770. The van der Waals surface area contributed by atoms with Crippen LogP contribution in [0.5, 0.6) is 0 Å². The Kier molecular flexibility index (Phi) is 4.31. The molecule has 0 spiro atoms. The van der Waals surface area contributed by atoms with Crippen molar-refractivity contribution in [2.24, 2.45) is 7.05 Å². The lowest BCUT2D eigenvalue weighted by Crippen LogP contribution is -2.38. The van der Waals surface area contributed by atoms with E-state index >= 15 is 0 Å². The fourth-order valence-electron chi connectivity index (χ4n) is 3.48. The summed E-state index contributed by atoms with van der Waals surface area (Å²) in [4.78, 5) is 6.66. The molecule has 6 nitrogen and oxygen atoms in total. The highest BCUT2D eigenvalue weighted by molar-refractivity contribution is 5.75. The summed E-state index contributed by atoms with van der Waals surface area (Å²) in [6.07, 6.45) is 1.31. The van der Waals surface area contributed by atoms with Gasteiger partial charge in [-0.15, -0.1) is 5.10 Å². The number of anilines is 1. The van der Waals surface area contributed by atoms with Gasteiger partial charge in [0, 0.05) is 32.3 Å². The summed E-state index contributed by atoms with van der Waals surface area (Å²) in [7, 11) is 2.02. The van der Waals surface area contributed by atoms with Gasteiger partial charge < -0.3 is 14.8 Å². The van der Waals surface area contributed by atoms with Crippen LogP contribution in [0, 0.1) is 0 Å². The molecule has 7 heteroatoms. The highest BCUT2D eigenvalue weighted by Crippen LogP contribution is 2.25. The number of hydrogen-bond donors (Lipinski definition) is 1. The van der Waals surface area contributed by atoms with Crippen LogP contribution in [0.2, 0.25) is 0 Å². The lowest BCUT2D eigenvalue weighted by Gasteiger charge is -2.24. The number of aromatic nitrogens is 4. The number of alkyl halides is 1. The van der Waals surface area contributed by atoms with E-state index in [2.05, 4.69) is 31.1 Å². The lowest BCUT2D eigenvalue weighted by molar-refractivity contribution is 0.354. The van der Waals surface area contributed by atoms with Crippen LogP contribution in [0.1, 0.15) is 12.2 Å². The summed E-state index contributed by atoms with van der Waals surface area (Å²) in [6.45, 7) is 1.70. The molecular formula is C18H21FN6. The second kappa shape index (κ2) is 6.76. The number of hydrogen-bond acceptors (Lipinski definition) is 5. The van der Waals surface area contributed by atoms with Gasteiger partial charge in [-0.1, -0.05) is 12.1 Å². The topological polar surface area (TPSA) is 58.9 Å². The van der Waals surface area contributed by atoms with Crippen molar-refractivity contribution < 1.29 is 4.39 Å². The summed E-state index contributed by atoms with van der Waals surface area (Å²) in [6, 6.07) is 11.9. The standard InChI is InChI=1S/C18H21FN6/c1-24-16-6-3-2-5-15(16)22-18(24)11-20-10-14-9-13(19)12-25(14)17-7-4-8-21-23-17/h2-8,13-14,20H,9-12H2,1H3/t13-,14-/m0/s1. The van der Waals surface area contributed by atoms with Crippen molar-refractivity contribution in [2.75, 3.05) is 18.0 Å². The molecular weight excluding hydrogens is 319 g/mol. The third kappa shape index (κ3) is 3.19. The summed E-state index contributed by atoms with van der Waals surface area (Å²) in [5.74, 6) is 1.71. The van der Waals surface area contributed by atoms with Crippen molar-refractivity contribution in [3.63, 3.8) is 0 Å². The van der Waals surface area contributed by atoms with Gasteiger partial charge in [-0.25, -0.2) is 9.37 Å². The summed E-state index contributed by atoms with van der Waals surface area (Å²) < 4.78 is 16.0. The molecule has 3 aromatic rings. The van der Waals surface area contributed by atoms with Gasteiger partial charge in [0.15, 0.2) is 5.82 Å². The van der Waals surface area contributed by atoms with E-state index in [1.165, 1.54) is 0 Å². The monoisotopic (exact) mass is 340 g/mol. The van der Waals surface area contributed by atoms with E-state index in [4.69, 9.17) is 0 Å². The average Bonchev–Trinajstić information content (AvgIpc) is 3.16. The highest BCUT2D eigenvalue weighted by Gasteiger charge is 2.32. The number of nitrogens with one attached hydrogen (secondary N) is 1. The molecule has 0 radical (unpaired) electrons. The van der Waals surface area contributed by atoms with Crippen molar-refractivity contribution in [3.05, 3.63) is 48.4 Å². The molecule has 2 aromatic heterocycles. The summed E-state index contributed by atoms with van der Waals surface area (Å²) in [5, 5.41) is 11.5. The van der Waals surface area contributed by atoms with Crippen LogP contribution in [-0.4, -0.2) is 45.1 Å². The minimum atomic E-state index is -0.829. The van der Waals surface area contributed by atoms with Crippen LogP contribution in [0.3, 0.4) is 0 Å². The Hall–Kier alpha value is -2.54. The van der Waals surface area contributed by atoms with Gasteiger partial charge >= 0.3 is 0 Å². The van der Waals surface area contributed by atoms with Gasteiger partial charge in [0.1, 0.15) is 12.0 Å². The van der Waals surface area contributed by atoms with Crippen LogP contribution < -0.4 is 10.2 Å². The van der Waals surface area contributed by atoms with Crippen molar-refractivity contribution in [1.82, 2.24) is 25.1 Å². The Bertz CT molecular complexity index is 849. The molecule has 3 heterocycles. The van der Waals surface area contributed by atoms with Crippen molar-refractivity contribution in [1.29, 1.82) is 0 Å². The zero-order chi connectivity index (χ0) is 17.2. The zero-order valence-corrected chi connectivity index (χ0v) is 14.1. The molecule has 25 heavy (non-hydrogen) atoms. The minimum Gasteiger partial charge on any atom is -0.348 e. The van der Waals surface area contributed by atoms with Crippen molar-refractivity contribution >= 4 is 16.9 Å². The predicted octanol–water partition coefficient (Wildman–Crippen LogP) is 2.07. The van der Waals surface area contributed by atoms with Gasteiger partial charge in [0.25, 0.3) is 0 Å². The molecule has 0 saturated carbocycles. The Morgan fingerprint density at radius 1 is 1.24 bits per heavy atom. The molecule has 0 bridgehead atoms. The van der Waals surface area contributed by atoms with E-state index in [9.17, 15) is 4.39 Å². The van der Waals surface area contributed by atoms with Crippen LogP contribution in [0.25, 0.3) is 11.0 Å². The first-order valence-electron chi connectivity index (χ1n) is 8.52. The van der Waals surface area contributed by atoms with Crippen LogP contribution >= 0.6 is 0 Å². The number of benzene rings is 1. The molecule has 1 aliphatic heterocycles. The number of nitrogens with zero attached hydrogens (tertiary/aromatic N) is 5. The number of halogens is 1. The maximum absolute atomic E-state index is 13.9. The molecule has 0 unspecified atom stereocenters. The van der Waals surface area contributed by atoms with E-state index in [0.29, 0.717) is 26.1 Å². The first-order chi connectivity index (χ1) is 12.2. The average molecular weight is 340 g/mol. The van der Waals surface area contributed by atoms with E-state index in [1.807, 2.05) is 42.3 Å². The summed E-state index contributed by atoms with van der Waals surface area (Å²) >= 11 is 0.